The molecule has 2 N–H and O–H groups in total. The predicted octanol–water partition coefficient (Wildman–Crippen LogP) is 3.29. The molecule has 0 heterocycles. The molecule has 8 heteroatoms. The zero-order valence-corrected chi connectivity index (χ0v) is 21.0. The second-order valence-corrected chi connectivity index (χ2v) is 13.1. The van der Waals surface area contributed by atoms with Crippen LogP contribution in [-0.4, -0.2) is 58.1 Å². The maximum Gasteiger partial charge on any atom is 0.311 e. The van der Waals surface area contributed by atoms with Gasteiger partial charge in [0.2, 0.25) is 0 Å². The van der Waals surface area contributed by atoms with Crippen molar-refractivity contribution < 1.29 is 29.3 Å². The van der Waals surface area contributed by atoms with Gasteiger partial charge < -0.3 is 19.7 Å². The molecule has 0 aromatic carbocycles. The van der Waals surface area contributed by atoms with Crippen molar-refractivity contribution in [3.05, 3.63) is 0 Å². The number of rotatable bonds is 12. The summed E-state index contributed by atoms with van der Waals surface area (Å²) < 4.78 is 10.1. The molecule has 0 saturated heterocycles. The summed E-state index contributed by atoms with van der Waals surface area (Å²) in [7, 11) is 0. The van der Waals surface area contributed by atoms with E-state index in [1.807, 2.05) is 27.7 Å². The van der Waals surface area contributed by atoms with Crippen LogP contribution in [0.5, 0.6) is 0 Å². The molecular weight excluding hydrogens is 412 g/mol. The highest BCUT2D eigenvalue weighted by molar-refractivity contribution is 7.81. The molecule has 0 aromatic heterocycles. The van der Waals surface area contributed by atoms with Crippen LogP contribution in [0.4, 0.5) is 0 Å². The predicted molar refractivity (Wildman–Crippen MR) is 121 cm³/mol. The molecule has 0 aromatic rings. The summed E-state index contributed by atoms with van der Waals surface area (Å²) in [5, 5.41) is 19.6. The van der Waals surface area contributed by atoms with E-state index < -0.39 is 41.4 Å². The topological polar surface area (TPSA) is 93.1 Å². The molecule has 0 aliphatic carbocycles. The Kier molecular flexibility index (Phi) is 10.1. The highest BCUT2D eigenvalue weighted by Gasteiger charge is 2.40. The zero-order valence-electron chi connectivity index (χ0n) is 19.2. The fourth-order valence-corrected chi connectivity index (χ4v) is 4.20. The molecule has 0 amide bonds. The minimum Gasteiger partial charge on any atom is -0.464 e. The van der Waals surface area contributed by atoms with Crippen molar-refractivity contribution in [2.24, 2.45) is 16.2 Å². The first-order valence-electron chi connectivity index (χ1n) is 9.80. The Hall–Kier alpha value is -0.440. The summed E-state index contributed by atoms with van der Waals surface area (Å²) in [4.78, 5) is 25.1. The van der Waals surface area contributed by atoms with Gasteiger partial charge in [0, 0.05) is 9.49 Å². The van der Waals surface area contributed by atoms with Crippen molar-refractivity contribution in [3.8, 4) is 0 Å². The standard InChI is InChI=1S/C21H40O6S2/c1-17(2,9-19(5,6)28)15(24)26-13-21(11-22,12-23)14-27-16(25)18(3,4)10-20(7,8)29/h22-23,28-29H,9-14H2,1-8H3. The molecule has 0 fully saturated rings. The van der Waals surface area contributed by atoms with Crippen LogP contribution in [-0.2, 0) is 19.1 Å². The zero-order chi connectivity index (χ0) is 23.3. The third-order valence-corrected chi connectivity index (χ3v) is 4.86. The van der Waals surface area contributed by atoms with Crippen LogP contribution in [0.3, 0.4) is 0 Å². The molecule has 0 unspecified atom stereocenters. The smallest absolute Gasteiger partial charge is 0.311 e. The maximum atomic E-state index is 12.5. The molecule has 0 aliphatic heterocycles. The van der Waals surface area contributed by atoms with Crippen LogP contribution in [0, 0.1) is 16.2 Å². The quantitative estimate of drug-likeness (QED) is 0.268. The van der Waals surface area contributed by atoms with Crippen LogP contribution < -0.4 is 0 Å². The summed E-state index contributed by atoms with van der Waals surface area (Å²) in [6.45, 7) is 13.1. The van der Waals surface area contributed by atoms with Gasteiger partial charge in [-0.2, -0.15) is 25.3 Å². The third-order valence-electron chi connectivity index (χ3n) is 4.54. The second kappa shape index (κ2) is 10.2. The van der Waals surface area contributed by atoms with Crippen molar-refractivity contribution >= 4 is 37.2 Å². The number of hydrogen-bond acceptors (Lipinski definition) is 8. The van der Waals surface area contributed by atoms with E-state index in [4.69, 9.17) is 9.47 Å². The van der Waals surface area contributed by atoms with Gasteiger partial charge in [0.1, 0.15) is 13.2 Å². The summed E-state index contributed by atoms with van der Waals surface area (Å²) in [5.41, 5.74) is -2.86. The van der Waals surface area contributed by atoms with Gasteiger partial charge in [-0.25, -0.2) is 0 Å². The number of aliphatic hydroxyl groups is 2. The monoisotopic (exact) mass is 452 g/mol. The van der Waals surface area contributed by atoms with Crippen molar-refractivity contribution in [1.29, 1.82) is 0 Å². The lowest BCUT2D eigenvalue weighted by molar-refractivity contribution is -0.170. The SMILES string of the molecule is CC(C)(S)CC(C)(C)C(=O)OCC(CO)(CO)COC(=O)C(C)(C)CC(C)(C)S. The van der Waals surface area contributed by atoms with Gasteiger partial charge in [-0.3, -0.25) is 9.59 Å². The third kappa shape index (κ3) is 10.4. The lowest BCUT2D eigenvalue weighted by Crippen LogP contribution is -2.44. The van der Waals surface area contributed by atoms with E-state index in [0.717, 1.165) is 0 Å². The van der Waals surface area contributed by atoms with Crippen molar-refractivity contribution in [2.45, 2.75) is 77.7 Å². The molecular formula is C21H40O6S2. The van der Waals surface area contributed by atoms with E-state index >= 15 is 0 Å². The molecule has 0 radical (unpaired) electrons. The summed E-state index contributed by atoms with van der Waals surface area (Å²) in [6, 6.07) is 0. The van der Waals surface area contributed by atoms with Crippen LogP contribution >= 0.6 is 25.3 Å². The maximum absolute atomic E-state index is 12.5. The number of carbonyl (C=O) groups is 2. The van der Waals surface area contributed by atoms with E-state index in [-0.39, 0.29) is 22.7 Å². The molecule has 0 aliphatic rings. The molecule has 0 bridgehead atoms. The van der Waals surface area contributed by atoms with Crippen LogP contribution in [0.15, 0.2) is 0 Å². The molecule has 0 atom stereocenters. The lowest BCUT2D eigenvalue weighted by atomic mass is 9.83. The van der Waals surface area contributed by atoms with Crippen LogP contribution in [0.25, 0.3) is 0 Å². The molecule has 0 saturated carbocycles. The minimum absolute atomic E-state index is 0.263. The van der Waals surface area contributed by atoms with Gasteiger partial charge >= 0.3 is 11.9 Å². The molecule has 0 spiro atoms. The number of esters is 2. The first-order chi connectivity index (χ1) is 12.8. The number of hydrogen-bond donors (Lipinski definition) is 4. The average molecular weight is 453 g/mol. The lowest BCUT2D eigenvalue weighted by Gasteiger charge is -2.34. The molecule has 6 nitrogen and oxygen atoms in total. The second-order valence-electron chi connectivity index (χ2n) is 10.7. The van der Waals surface area contributed by atoms with E-state index in [9.17, 15) is 19.8 Å². The number of ether oxygens (including phenoxy) is 2. The van der Waals surface area contributed by atoms with E-state index in [0.29, 0.717) is 12.8 Å². The normalized spacial score (nSPS) is 13.9. The Labute approximate surface area is 186 Å². The van der Waals surface area contributed by atoms with E-state index in [2.05, 4.69) is 25.3 Å². The number of thiol groups is 2. The Balaban J connectivity index is 5.07. The highest BCUT2D eigenvalue weighted by Crippen LogP contribution is 2.35. The minimum atomic E-state index is -1.27. The van der Waals surface area contributed by atoms with E-state index in [1.54, 1.807) is 27.7 Å². The van der Waals surface area contributed by atoms with Crippen molar-refractivity contribution in [2.75, 3.05) is 26.4 Å². The Morgan fingerprint density at radius 3 is 1.17 bits per heavy atom. The Morgan fingerprint density at radius 1 is 0.690 bits per heavy atom. The number of aliphatic hydroxyl groups excluding tert-OH is 2. The fraction of sp³-hybridized carbons (Fsp3) is 0.905. The van der Waals surface area contributed by atoms with Crippen LogP contribution in [0.1, 0.15) is 68.2 Å². The van der Waals surface area contributed by atoms with Gasteiger partial charge in [0.05, 0.1) is 29.5 Å². The van der Waals surface area contributed by atoms with Gasteiger partial charge in [-0.15, -0.1) is 0 Å². The molecule has 172 valence electrons. The fourth-order valence-electron chi connectivity index (χ4n) is 3.41. The Morgan fingerprint density at radius 2 is 0.966 bits per heavy atom. The van der Waals surface area contributed by atoms with Crippen molar-refractivity contribution in [1.82, 2.24) is 0 Å². The summed E-state index contributed by atoms with van der Waals surface area (Å²) >= 11 is 8.93. The van der Waals surface area contributed by atoms with Gasteiger partial charge in [-0.05, 0) is 40.5 Å². The largest absolute Gasteiger partial charge is 0.464 e. The summed E-state index contributed by atoms with van der Waals surface area (Å²) in [5.74, 6) is -0.927. The van der Waals surface area contributed by atoms with Crippen LogP contribution in [0.2, 0.25) is 0 Å². The Bertz CT molecular complexity index is 508. The van der Waals surface area contributed by atoms with Crippen molar-refractivity contribution in [3.63, 3.8) is 0 Å². The average Bonchev–Trinajstić information content (AvgIpc) is 2.50. The molecule has 29 heavy (non-hydrogen) atoms. The van der Waals surface area contributed by atoms with Gasteiger partial charge in [0.15, 0.2) is 0 Å². The van der Waals surface area contributed by atoms with Gasteiger partial charge in [0.25, 0.3) is 0 Å². The number of carbonyl (C=O) groups excluding carboxylic acids is 2. The first-order valence-corrected chi connectivity index (χ1v) is 10.7. The molecule has 0 rings (SSSR count). The van der Waals surface area contributed by atoms with E-state index in [1.165, 1.54) is 0 Å². The highest BCUT2D eigenvalue weighted by atomic mass is 32.1. The van der Waals surface area contributed by atoms with Gasteiger partial charge in [-0.1, -0.05) is 27.7 Å². The summed E-state index contributed by atoms with van der Waals surface area (Å²) in [6.07, 6.45) is 0.964. The first kappa shape index (κ1) is 28.6.